The van der Waals surface area contributed by atoms with Crippen molar-refractivity contribution in [2.75, 3.05) is 5.43 Å². The number of nitrogens with one attached hydrogen (secondary N) is 1. The zero-order valence-electron chi connectivity index (χ0n) is 14.7. The number of carbonyl (C=O) groups excluding carboxylic acids is 1. The van der Waals surface area contributed by atoms with E-state index in [0.717, 1.165) is 11.3 Å². The summed E-state index contributed by atoms with van der Waals surface area (Å²) in [6.45, 7) is 0. The number of thiazole rings is 1. The van der Waals surface area contributed by atoms with Gasteiger partial charge in [-0.15, -0.1) is 11.3 Å². The van der Waals surface area contributed by atoms with E-state index in [1.165, 1.54) is 11.3 Å². The van der Waals surface area contributed by atoms with E-state index in [4.69, 9.17) is 0 Å². The fourth-order valence-electron chi connectivity index (χ4n) is 2.52. The van der Waals surface area contributed by atoms with Crippen LogP contribution in [0, 0.1) is 0 Å². The minimum Gasteiger partial charge on any atom is -0.285 e. The third kappa shape index (κ3) is 3.99. The quantitative estimate of drug-likeness (QED) is 0.304. The number of Topliss-reactive ketones (excluding diaryl/α,β-unsaturated/α-hetero) is 1. The molecule has 0 unspecified atom stereocenters. The van der Waals surface area contributed by atoms with E-state index in [-0.39, 0.29) is 11.5 Å². The van der Waals surface area contributed by atoms with E-state index in [2.05, 4.69) is 25.5 Å². The number of hydrogen-bond acceptors (Lipinski definition) is 7. The molecule has 1 aromatic carbocycles. The third-order valence-corrected chi connectivity index (χ3v) is 4.60. The number of carbonyl (C=O) groups is 1. The van der Waals surface area contributed by atoms with Gasteiger partial charge in [0.1, 0.15) is 5.69 Å². The molecule has 28 heavy (non-hydrogen) atoms. The lowest BCUT2D eigenvalue weighted by Crippen LogP contribution is -2.19. The predicted molar refractivity (Wildman–Crippen MR) is 111 cm³/mol. The maximum absolute atomic E-state index is 12.9. The van der Waals surface area contributed by atoms with Gasteiger partial charge in [0.25, 0.3) is 0 Å². The molecule has 0 bridgehead atoms. The summed E-state index contributed by atoms with van der Waals surface area (Å²) < 4.78 is 0. The molecule has 0 radical (unpaired) electrons. The normalized spacial score (nSPS) is 11.2. The summed E-state index contributed by atoms with van der Waals surface area (Å²) in [6.07, 6.45) is 3.19. The lowest BCUT2D eigenvalue weighted by atomic mass is 10.1. The van der Waals surface area contributed by atoms with E-state index in [0.29, 0.717) is 16.5 Å². The minimum absolute atomic E-state index is 0.177. The molecule has 0 saturated heterocycles. The summed E-state index contributed by atoms with van der Waals surface area (Å²) in [7, 11) is 0. The van der Waals surface area contributed by atoms with Crippen molar-refractivity contribution < 1.29 is 4.79 Å². The molecule has 0 saturated carbocycles. The SMILES string of the molecule is O=C(/C(=N\Nc1nc(-c2ccccc2)cs1)c1ccccn1)c1ccccn1. The summed E-state index contributed by atoms with van der Waals surface area (Å²) in [6, 6.07) is 20.4. The van der Waals surface area contributed by atoms with E-state index < -0.39 is 0 Å². The molecule has 0 atom stereocenters. The Hall–Kier alpha value is -3.71. The molecule has 0 spiro atoms. The summed E-state index contributed by atoms with van der Waals surface area (Å²) in [5.41, 5.74) is 5.70. The fraction of sp³-hybridized carbons (Fsp3) is 0. The Balaban J connectivity index is 1.63. The molecule has 7 heteroatoms. The number of anilines is 1. The van der Waals surface area contributed by atoms with Crippen LogP contribution >= 0.6 is 11.3 Å². The maximum atomic E-state index is 12.9. The Morgan fingerprint density at radius 1 is 0.857 bits per heavy atom. The molecular formula is C21H15N5OS. The van der Waals surface area contributed by atoms with E-state index >= 15 is 0 Å². The van der Waals surface area contributed by atoms with Crippen LogP contribution in [0.3, 0.4) is 0 Å². The molecule has 1 N–H and O–H groups in total. The average Bonchev–Trinajstić information content (AvgIpc) is 3.25. The topological polar surface area (TPSA) is 80.1 Å². The molecule has 136 valence electrons. The lowest BCUT2D eigenvalue weighted by Gasteiger charge is -2.05. The van der Waals surface area contributed by atoms with Gasteiger partial charge in [-0.1, -0.05) is 42.5 Å². The van der Waals surface area contributed by atoms with Gasteiger partial charge >= 0.3 is 0 Å². The number of benzene rings is 1. The number of nitrogens with zero attached hydrogens (tertiary/aromatic N) is 4. The lowest BCUT2D eigenvalue weighted by molar-refractivity contribution is 0.106. The molecule has 6 nitrogen and oxygen atoms in total. The number of rotatable bonds is 6. The summed E-state index contributed by atoms with van der Waals surface area (Å²) >= 11 is 1.41. The van der Waals surface area contributed by atoms with Gasteiger partial charge in [0.05, 0.1) is 11.4 Å². The van der Waals surface area contributed by atoms with Crippen molar-refractivity contribution in [1.82, 2.24) is 15.0 Å². The zero-order valence-corrected chi connectivity index (χ0v) is 15.5. The van der Waals surface area contributed by atoms with Gasteiger partial charge in [0, 0.05) is 23.3 Å². The number of pyridine rings is 2. The first-order valence-corrected chi connectivity index (χ1v) is 9.41. The average molecular weight is 385 g/mol. The smallest absolute Gasteiger partial charge is 0.233 e. The van der Waals surface area contributed by atoms with Crippen LogP contribution < -0.4 is 5.43 Å². The summed E-state index contributed by atoms with van der Waals surface area (Å²) in [5.74, 6) is -0.313. The van der Waals surface area contributed by atoms with Crippen LogP contribution in [-0.4, -0.2) is 26.4 Å². The van der Waals surface area contributed by atoms with Crippen molar-refractivity contribution in [2.24, 2.45) is 5.10 Å². The molecule has 0 aliphatic heterocycles. The first-order chi connectivity index (χ1) is 13.8. The summed E-state index contributed by atoms with van der Waals surface area (Å²) in [4.78, 5) is 25.8. The van der Waals surface area contributed by atoms with Crippen LogP contribution in [0.15, 0.2) is 89.6 Å². The number of ketones is 1. The van der Waals surface area contributed by atoms with Crippen molar-refractivity contribution >= 4 is 28.0 Å². The highest BCUT2D eigenvalue weighted by Gasteiger charge is 2.19. The van der Waals surface area contributed by atoms with Gasteiger partial charge in [-0.25, -0.2) is 4.98 Å². The highest BCUT2D eigenvalue weighted by atomic mass is 32.1. The van der Waals surface area contributed by atoms with Gasteiger partial charge in [-0.3, -0.25) is 20.2 Å². The van der Waals surface area contributed by atoms with Crippen LogP contribution in [-0.2, 0) is 0 Å². The Labute approximate surface area is 165 Å². The molecular weight excluding hydrogens is 370 g/mol. The fourth-order valence-corrected chi connectivity index (χ4v) is 3.18. The molecule has 3 aromatic heterocycles. The number of hydrogen-bond donors (Lipinski definition) is 1. The monoisotopic (exact) mass is 385 g/mol. The second kappa shape index (κ2) is 8.32. The van der Waals surface area contributed by atoms with Gasteiger partial charge < -0.3 is 0 Å². The van der Waals surface area contributed by atoms with Crippen molar-refractivity contribution in [3.8, 4) is 11.3 Å². The van der Waals surface area contributed by atoms with Crippen molar-refractivity contribution in [3.63, 3.8) is 0 Å². The molecule has 0 aliphatic carbocycles. The van der Waals surface area contributed by atoms with E-state index in [9.17, 15) is 4.79 Å². The van der Waals surface area contributed by atoms with Crippen LogP contribution in [0.4, 0.5) is 5.13 Å². The third-order valence-electron chi connectivity index (χ3n) is 3.86. The predicted octanol–water partition coefficient (Wildman–Crippen LogP) is 4.30. The highest BCUT2D eigenvalue weighted by molar-refractivity contribution is 7.14. The standard InChI is InChI=1S/C21H15N5OS/c27-20(17-11-5-7-13-23-17)19(16-10-4-6-12-22-16)25-26-21-24-18(14-28-21)15-8-2-1-3-9-15/h1-14H,(H,24,26)/b25-19-. The van der Waals surface area contributed by atoms with Crippen molar-refractivity contribution in [1.29, 1.82) is 0 Å². The minimum atomic E-state index is -0.313. The molecule has 0 fully saturated rings. The second-order valence-corrected chi connectivity index (χ2v) is 6.59. The largest absolute Gasteiger partial charge is 0.285 e. The maximum Gasteiger partial charge on any atom is 0.233 e. The number of aromatic nitrogens is 3. The number of hydrazone groups is 1. The van der Waals surface area contributed by atoms with Gasteiger partial charge in [-0.05, 0) is 24.3 Å². The van der Waals surface area contributed by atoms with Gasteiger partial charge in [0.15, 0.2) is 5.71 Å². The van der Waals surface area contributed by atoms with Crippen LogP contribution in [0.25, 0.3) is 11.3 Å². The van der Waals surface area contributed by atoms with Gasteiger partial charge in [0.2, 0.25) is 10.9 Å². The van der Waals surface area contributed by atoms with Crippen molar-refractivity contribution in [2.45, 2.75) is 0 Å². The Morgan fingerprint density at radius 2 is 1.54 bits per heavy atom. The Kier molecular flexibility index (Phi) is 5.26. The van der Waals surface area contributed by atoms with Crippen molar-refractivity contribution in [3.05, 3.63) is 95.9 Å². The zero-order chi connectivity index (χ0) is 19.2. The van der Waals surface area contributed by atoms with Crippen LogP contribution in [0.2, 0.25) is 0 Å². The van der Waals surface area contributed by atoms with Crippen LogP contribution in [0.1, 0.15) is 16.2 Å². The molecule has 0 aliphatic rings. The molecule has 0 amide bonds. The Bertz CT molecular complexity index is 1100. The first kappa shape index (κ1) is 17.7. The molecule has 3 heterocycles. The first-order valence-electron chi connectivity index (χ1n) is 8.53. The molecule has 4 rings (SSSR count). The Morgan fingerprint density at radius 3 is 2.21 bits per heavy atom. The van der Waals surface area contributed by atoms with Crippen LogP contribution in [0.5, 0.6) is 0 Å². The van der Waals surface area contributed by atoms with E-state index in [1.807, 2.05) is 35.7 Å². The highest BCUT2D eigenvalue weighted by Crippen LogP contribution is 2.24. The van der Waals surface area contributed by atoms with E-state index in [1.54, 1.807) is 48.8 Å². The molecule has 4 aromatic rings. The van der Waals surface area contributed by atoms with Gasteiger partial charge in [-0.2, -0.15) is 5.10 Å². The summed E-state index contributed by atoms with van der Waals surface area (Å²) in [5, 5.41) is 6.83. The second-order valence-electron chi connectivity index (χ2n) is 5.74.